The SMILES string of the molecule is Cn1c(=O)c([N+](=O)[O-])c(N2CCN(C(=O)c3ccc(F)cc3)CC2)c2cc(Cl)ccc21.Cn1c(=O)c([N+](=O)[O-])c(N2CCN(C(=O)c3ccc(F)cc3)CC2)c2cc(Cl)ccc21. The summed E-state index contributed by atoms with van der Waals surface area (Å²) in [6.07, 6.45) is 0. The van der Waals surface area contributed by atoms with Crippen LogP contribution in [0.25, 0.3) is 21.8 Å². The van der Waals surface area contributed by atoms with E-state index in [0.717, 1.165) is 0 Å². The zero-order chi connectivity index (χ0) is 44.6. The topological polar surface area (TPSA) is 177 Å². The van der Waals surface area contributed by atoms with Crippen LogP contribution in [0.1, 0.15) is 20.7 Å². The Labute approximate surface area is 360 Å². The summed E-state index contributed by atoms with van der Waals surface area (Å²) in [6, 6.07) is 20.4. The van der Waals surface area contributed by atoms with Crippen molar-refractivity contribution >= 4 is 79.6 Å². The number of halogens is 4. The highest BCUT2D eigenvalue weighted by Gasteiger charge is 2.34. The van der Waals surface area contributed by atoms with E-state index in [1.165, 1.54) is 71.8 Å². The van der Waals surface area contributed by atoms with E-state index in [1.807, 2.05) is 0 Å². The standard InChI is InChI=1S/2C21H18ClFN4O4/c2*1-24-17-7-4-14(22)12-16(17)18(19(21(24)29)27(30)31)25-8-10-26(11-9-25)20(28)13-2-5-15(23)6-3-13/h2*2-7,12H,8-11H2,1H3. The molecule has 62 heavy (non-hydrogen) atoms. The van der Waals surface area contributed by atoms with E-state index in [4.69, 9.17) is 23.2 Å². The molecule has 2 saturated heterocycles. The van der Waals surface area contributed by atoms with Gasteiger partial charge in [0, 0.05) is 98.4 Å². The van der Waals surface area contributed by atoms with E-state index in [0.29, 0.717) is 95.3 Å². The predicted octanol–water partition coefficient (Wildman–Crippen LogP) is 6.40. The van der Waals surface area contributed by atoms with Crippen molar-refractivity contribution in [3.63, 3.8) is 0 Å². The van der Waals surface area contributed by atoms with Crippen LogP contribution in [0.15, 0.2) is 94.5 Å². The molecule has 16 nitrogen and oxygen atoms in total. The first-order valence-electron chi connectivity index (χ1n) is 19.1. The molecule has 4 heterocycles. The summed E-state index contributed by atoms with van der Waals surface area (Å²) in [7, 11) is 2.96. The van der Waals surface area contributed by atoms with Crippen molar-refractivity contribution in [2.75, 3.05) is 62.2 Å². The Morgan fingerprint density at radius 1 is 0.548 bits per heavy atom. The maximum atomic E-state index is 13.1. The Morgan fingerprint density at radius 2 is 0.871 bits per heavy atom. The molecule has 6 aromatic rings. The fraction of sp³-hybridized carbons (Fsp3) is 0.238. The largest absolute Gasteiger partial charge is 0.362 e. The first-order valence-corrected chi connectivity index (χ1v) is 19.8. The lowest BCUT2D eigenvalue weighted by molar-refractivity contribution is -0.385. The number of aromatic nitrogens is 2. The lowest BCUT2D eigenvalue weighted by Gasteiger charge is -2.36. The summed E-state index contributed by atoms with van der Waals surface area (Å²) in [5.74, 6) is -1.34. The third kappa shape index (κ3) is 8.38. The number of carbonyl (C=O) groups is 2. The molecule has 0 unspecified atom stereocenters. The minimum absolute atomic E-state index is 0.208. The summed E-state index contributed by atoms with van der Waals surface area (Å²) >= 11 is 12.3. The number of nitro groups is 2. The van der Waals surface area contributed by atoms with Crippen LogP contribution in [0.5, 0.6) is 0 Å². The molecule has 0 aliphatic carbocycles. The highest BCUT2D eigenvalue weighted by atomic mass is 35.5. The minimum Gasteiger partial charge on any atom is -0.362 e. The van der Waals surface area contributed by atoms with E-state index in [2.05, 4.69) is 0 Å². The third-order valence-electron chi connectivity index (χ3n) is 10.9. The van der Waals surface area contributed by atoms with E-state index in [1.54, 1.807) is 56.0 Å². The van der Waals surface area contributed by atoms with Gasteiger partial charge in [0.05, 0.1) is 20.9 Å². The Kier molecular flexibility index (Phi) is 12.2. The van der Waals surface area contributed by atoms with Gasteiger partial charge in [-0.25, -0.2) is 8.78 Å². The number of rotatable bonds is 6. The van der Waals surface area contributed by atoms with E-state index in [9.17, 15) is 48.2 Å². The minimum atomic E-state index is -0.709. The van der Waals surface area contributed by atoms with Gasteiger partial charge in [0.1, 0.15) is 23.0 Å². The molecule has 2 amide bonds. The maximum Gasteiger partial charge on any atom is 0.357 e. The van der Waals surface area contributed by atoms with Crippen molar-refractivity contribution in [2.45, 2.75) is 0 Å². The van der Waals surface area contributed by atoms with Crippen LogP contribution in [0.2, 0.25) is 10.0 Å². The second-order valence-corrected chi connectivity index (χ2v) is 15.4. The van der Waals surface area contributed by atoms with Gasteiger partial charge in [-0.15, -0.1) is 0 Å². The Bertz CT molecular complexity index is 2700. The smallest absolute Gasteiger partial charge is 0.357 e. The molecule has 2 fully saturated rings. The number of nitrogens with zero attached hydrogens (tertiary/aromatic N) is 8. The van der Waals surface area contributed by atoms with Crippen LogP contribution < -0.4 is 20.9 Å². The number of hydrogen-bond donors (Lipinski definition) is 0. The number of fused-ring (bicyclic) bond motifs is 2. The van der Waals surface area contributed by atoms with Crippen molar-refractivity contribution in [1.82, 2.24) is 18.9 Å². The molecule has 0 spiro atoms. The molecule has 0 saturated carbocycles. The fourth-order valence-corrected chi connectivity index (χ4v) is 8.10. The lowest BCUT2D eigenvalue weighted by Crippen LogP contribution is -2.49. The van der Waals surface area contributed by atoms with Crippen LogP contribution in [0.3, 0.4) is 0 Å². The van der Waals surface area contributed by atoms with Gasteiger partial charge in [0.2, 0.25) is 0 Å². The number of carbonyl (C=O) groups excluding carboxylic acids is 2. The third-order valence-corrected chi connectivity index (χ3v) is 11.4. The number of piperazine rings is 2. The molecule has 20 heteroatoms. The van der Waals surface area contributed by atoms with Crippen molar-refractivity contribution in [3.05, 3.63) is 159 Å². The van der Waals surface area contributed by atoms with E-state index in [-0.39, 0.29) is 23.2 Å². The van der Waals surface area contributed by atoms with Gasteiger partial charge >= 0.3 is 22.5 Å². The van der Waals surface area contributed by atoms with Gasteiger partial charge in [0.25, 0.3) is 11.8 Å². The summed E-state index contributed by atoms with van der Waals surface area (Å²) in [5, 5.41) is 25.4. The van der Waals surface area contributed by atoms with E-state index >= 15 is 0 Å². The quantitative estimate of drug-likeness (QED) is 0.134. The van der Waals surface area contributed by atoms with Crippen LogP contribution in [0.4, 0.5) is 31.5 Å². The van der Waals surface area contributed by atoms with Crippen LogP contribution in [-0.2, 0) is 14.1 Å². The van der Waals surface area contributed by atoms with Crippen molar-refractivity contribution < 1.29 is 28.2 Å². The maximum absolute atomic E-state index is 13.1. The van der Waals surface area contributed by atoms with Gasteiger partial charge in [0.15, 0.2) is 0 Å². The molecule has 320 valence electrons. The first-order chi connectivity index (χ1) is 29.5. The van der Waals surface area contributed by atoms with Gasteiger partial charge < -0.3 is 28.7 Å². The number of pyridine rings is 2. The average molecular weight is 890 g/mol. The summed E-state index contributed by atoms with van der Waals surface area (Å²) in [5.41, 5.74) is -0.248. The van der Waals surface area contributed by atoms with Gasteiger partial charge in [-0.3, -0.25) is 39.4 Å². The van der Waals surface area contributed by atoms with Crippen molar-refractivity contribution in [2.24, 2.45) is 14.1 Å². The van der Waals surface area contributed by atoms with Crippen molar-refractivity contribution in [3.8, 4) is 0 Å². The first kappa shape index (κ1) is 43.2. The van der Waals surface area contributed by atoms with Crippen LogP contribution >= 0.6 is 23.2 Å². The van der Waals surface area contributed by atoms with Crippen LogP contribution in [-0.4, -0.2) is 93.0 Å². The number of hydrogen-bond acceptors (Lipinski definition) is 10. The number of amides is 2. The lowest BCUT2D eigenvalue weighted by atomic mass is 10.1. The molecule has 2 aliphatic heterocycles. The molecule has 0 N–H and O–H groups in total. The number of anilines is 2. The summed E-state index contributed by atoms with van der Waals surface area (Å²) in [6.45, 7) is 2.36. The highest BCUT2D eigenvalue weighted by Crippen LogP contribution is 2.37. The van der Waals surface area contributed by atoms with Gasteiger partial charge in [-0.2, -0.15) is 0 Å². The monoisotopic (exact) mass is 888 g/mol. The molecule has 4 aromatic carbocycles. The second kappa shape index (κ2) is 17.6. The molecular formula is C42H36Cl2F2N8O8. The Morgan fingerprint density at radius 3 is 1.18 bits per heavy atom. The molecule has 0 radical (unpaired) electrons. The molecule has 2 aromatic heterocycles. The van der Waals surface area contributed by atoms with E-state index < -0.39 is 44.0 Å². The summed E-state index contributed by atoms with van der Waals surface area (Å²) < 4.78 is 28.7. The Hall–Kier alpha value is -6.92. The number of benzene rings is 4. The van der Waals surface area contributed by atoms with Gasteiger partial charge in [-0.05, 0) is 84.9 Å². The van der Waals surface area contributed by atoms with Gasteiger partial charge in [-0.1, -0.05) is 23.2 Å². The molecule has 0 atom stereocenters. The molecule has 8 rings (SSSR count). The zero-order valence-electron chi connectivity index (χ0n) is 33.1. The zero-order valence-corrected chi connectivity index (χ0v) is 34.6. The van der Waals surface area contributed by atoms with Crippen molar-refractivity contribution in [1.29, 1.82) is 0 Å². The fourth-order valence-electron chi connectivity index (χ4n) is 7.76. The highest BCUT2D eigenvalue weighted by molar-refractivity contribution is 6.32. The predicted molar refractivity (Wildman–Crippen MR) is 231 cm³/mol. The second-order valence-electron chi connectivity index (χ2n) is 14.5. The Balaban J connectivity index is 0.000000186. The van der Waals surface area contributed by atoms with Crippen LogP contribution in [0, 0.1) is 31.9 Å². The normalized spacial score (nSPS) is 14.2. The number of aryl methyl sites for hydroxylation is 2. The summed E-state index contributed by atoms with van der Waals surface area (Å²) in [4.78, 5) is 79.8. The molecular weight excluding hydrogens is 853 g/mol. The molecule has 0 bridgehead atoms. The molecule has 2 aliphatic rings. The average Bonchev–Trinajstić information content (AvgIpc) is 3.26.